The minimum Gasteiger partial charge on any atom is -0.383 e. The maximum atomic E-state index is 13.6. The number of fused-ring (bicyclic) bond motifs is 4. The van der Waals surface area contributed by atoms with Gasteiger partial charge >= 0.3 is 0 Å². The number of carbonyl (C=O) groups excluding carboxylic acids is 1. The zero-order valence-corrected chi connectivity index (χ0v) is 18.3. The minimum absolute atomic E-state index is 0.163. The molecule has 5 rings (SSSR count). The van der Waals surface area contributed by atoms with Gasteiger partial charge in [-0.3, -0.25) is 14.4 Å². The lowest BCUT2D eigenvalue weighted by molar-refractivity contribution is 0.0966. The summed E-state index contributed by atoms with van der Waals surface area (Å²) in [7, 11) is 3.59. The molecule has 0 aromatic carbocycles. The lowest BCUT2D eigenvalue weighted by Crippen LogP contribution is -2.35. The number of aromatic nitrogens is 4. The summed E-state index contributed by atoms with van der Waals surface area (Å²) in [4.78, 5) is 21.3. The second-order valence-corrected chi connectivity index (χ2v) is 9.19. The summed E-state index contributed by atoms with van der Waals surface area (Å²) in [5.74, 6) is 1.21. The number of aryl methyl sites for hydroxylation is 3. The minimum atomic E-state index is -0.163. The Morgan fingerprint density at radius 2 is 2.27 bits per heavy atom. The Labute approximate surface area is 178 Å². The molecule has 2 aliphatic rings. The molecule has 0 fully saturated rings. The third-order valence-electron chi connectivity index (χ3n) is 6.08. The fourth-order valence-electron chi connectivity index (χ4n) is 4.36. The van der Waals surface area contributed by atoms with Crippen molar-refractivity contribution < 1.29 is 14.1 Å². The van der Waals surface area contributed by atoms with E-state index >= 15 is 0 Å². The number of ether oxygens (including phenoxy) is 1. The van der Waals surface area contributed by atoms with Crippen LogP contribution in [0.25, 0.3) is 11.3 Å². The number of carbonyl (C=O) groups is 1. The van der Waals surface area contributed by atoms with Gasteiger partial charge in [0.1, 0.15) is 5.76 Å². The van der Waals surface area contributed by atoms with E-state index < -0.39 is 0 Å². The number of methoxy groups -OCH3 is 1. The second-order valence-electron chi connectivity index (χ2n) is 8.13. The average Bonchev–Trinajstić information content (AvgIpc) is 3.44. The molecular weight excluding hydrogens is 402 g/mol. The SMILES string of the molecule is COCCN(C(=O)c1noc2c1C[C@H](C)CC2)c1nc2c(s1)CCc1c-2cnn1C. The van der Waals surface area contributed by atoms with E-state index in [1.54, 1.807) is 23.3 Å². The molecule has 158 valence electrons. The van der Waals surface area contributed by atoms with Gasteiger partial charge in [-0.05, 0) is 31.6 Å². The Hall–Kier alpha value is -2.52. The van der Waals surface area contributed by atoms with E-state index in [0.29, 0.717) is 29.9 Å². The molecular formula is C21H25N5O3S. The van der Waals surface area contributed by atoms with Crippen LogP contribution in [0.5, 0.6) is 0 Å². The smallest absolute Gasteiger partial charge is 0.282 e. The monoisotopic (exact) mass is 427 g/mol. The van der Waals surface area contributed by atoms with E-state index in [1.165, 1.54) is 10.6 Å². The van der Waals surface area contributed by atoms with Crippen LogP contribution in [0.4, 0.5) is 5.13 Å². The highest BCUT2D eigenvalue weighted by atomic mass is 32.1. The number of anilines is 1. The summed E-state index contributed by atoms with van der Waals surface area (Å²) in [6, 6.07) is 0. The van der Waals surface area contributed by atoms with Crippen molar-refractivity contribution in [2.45, 2.75) is 39.0 Å². The Balaban J connectivity index is 1.51. The van der Waals surface area contributed by atoms with Crippen molar-refractivity contribution in [1.82, 2.24) is 19.9 Å². The first-order chi connectivity index (χ1) is 14.6. The van der Waals surface area contributed by atoms with Gasteiger partial charge in [0.2, 0.25) is 0 Å². The van der Waals surface area contributed by atoms with Crippen LogP contribution in [0.2, 0.25) is 0 Å². The molecule has 0 unspecified atom stereocenters. The Bertz CT molecular complexity index is 1100. The topological polar surface area (TPSA) is 86.3 Å². The molecule has 0 N–H and O–H groups in total. The zero-order valence-electron chi connectivity index (χ0n) is 17.5. The summed E-state index contributed by atoms with van der Waals surface area (Å²) in [6.07, 6.45) is 6.43. The molecule has 0 saturated heterocycles. The maximum Gasteiger partial charge on any atom is 0.282 e. The van der Waals surface area contributed by atoms with Crippen molar-refractivity contribution in [3.8, 4) is 11.3 Å². The van der Waals surface area contributed by atoms with Crippen LogP contribution in [0.3, 0.4) is 0 Å². The van der Waals surface area contributed by atoms with Crippen molar-refractivity contribution in [3.05, 3.63) is 33.8 Å². The molecule has 0 saturated carbocycles. The average molecular weight is 428 g/mol. The number of hydrogen-bond acceptors (Lipinski definition) is 7. The normalized spacial score (nSPS) is 17.4. The van der Waals surface area contributed by atoms with Crippen LogP contribution in [0.1, 0.15) is 45.7 Å². The third kappa shape index (κ3) is 3.16. The molecule has 9 heteroatoms. The van der Waals surface area contributed by atoms with Gasteiger partial charge in [-0.1, -0.05) is 12.1 Å². The molecule has 0 aliphatic heterocycles. The van der Waals surface area contributed by atoms with Crippen LogP contribution >= 0.6 is 11.3 Å². The van der Waals surface area contributed by atoms with Crippen LogP contribution in [-0.4, -0.2) is 46.1 Å². The van der Waals surface area contributed by atoms with E-state index in [1.807, 2.05) is 17.9 Å². The van der Waals surface area contributed by atoms with Crippen LogP contribution < -0.4 is 4.90 Å². The molecule has 8 nitrogen and oxygen atoms in total. The molecule has 1 amide bonds. The molecule has 3 aromatic rings. The van der Waals surface area contributed by atoms with Gasteiger partial charge in [0.25, 0.3) is 5.91 Å². The summed E-state index contributed by atoms with van der Waals surface area (Å²) < 4.78 is 12.7. The Kier molecular flexibility index (Phi) is 4.94. The first kappa shape index (κ1) is 19.4. The molecule has 30 heavy (non-hydrogen) atoms. The van der Waals surface area contributed by atoms with Crippen molar-refractivity contribution in [2.24, 2.45) is 13.0 Å². The Morgan fingerprint density at radius 3 is 3.10 bits per heavy atom. The predicted octanol–water partition coefficient (Wildman–Crippen LogP) is 3.05. The highest BCUT2D eigenvalue weighted by molar-refractivity contribution is 7.16. The summed E-state index contributed by atoms with van der Waals surface area (Å²) in [5.41, 5.74) is 4.57. The second kappa shape index (κ2) is 7.63. The van der Waals surface area contributed by atoms with E-state index in [0.717, 1.165) is 54.7 Å². The van der Waals surface area contributed by atoms with E-state index in [9.17, 15) is 4.79 Å². The highest BCUT2D eigenvalue weighted by Gasteiger charge is 2.33. The van der Waals surface area contributed by atoms with Crippen LogP contribution in [0, 0.1) is 5.92 Å². The third-order valence-corrected chi connectivity index (χ3v) is 7.21. The van der Waals surface area contributed by atoms with Gasteiger partial charge in [-0.25, -0.2) is 4.98 Å². The molecule has 0 bridgehead atoms. The summed E-state index contributed by atoms with van der Waals surface area (Å²) in [6.45, 7) is 3.04. The maximum absolute atomic E-state index is 13.6. The van der Waals surface area contributed by atoms with Crippen molar-refractivity contribution in [2.75, 3.05) is 25.2 Å². The van der Waals surface area contributed by atoms with Crippen LogP contribution in [0.15, 0.2) is 10.7 Å². The van der Waals surface area contributed by atoms with Crippen molar-refractivity contribution in [3.63, 3.8) is 0 Å². The lowest BCUT2D eigenvalue weighted by atomic mass is 9.88. The highest BCUT2D eigenvalue weighted by Crippen LogP contribution is 2.39. The summed E-state index contributed by atoms with van der Waals surface area (Å²) >= 11 is 1.57. The molecule has 3 heterocycles. The molecule has 3 aromatic heterocycles. The number of rotatable bonds is 5. The largest absolute Gasteiger partial charge is 0.383 e. The summed E-state index contributed by atoms with van der Waals surface area (Å²) in [5, 5.41) is 9.23. The van der Waals surface area contributed by atoms with Gasteiger partial charge in [-0.15, -0.1) is 11.3 Å². The van der Waals surface area contributed by atoms with Gasteiger partial charge in [-0.2, -0.15) is 5.10 Å². The number of amides is 1. The number of thiazole rings is 1. The number of nitrogens with zero attached hydrogens (tertiary/aromatic N) is 5. The first-order valence-corrected chi connectivity index (χ1v) is 11.2. The van der Waals surface area contributed by atoms with E-state index in [-0.39, 0.29) is 5.91 Å². The van der Waals surface area contributed by atoms with Crippen molar-refractivity contribution in [1.29, 1.82) is 0 Å². The standard InChI is InChI=1S/C21H25N5O3S/c1-12-4-6-16-13(10-12)19(24-29-16)20(27)26(8-9-28-3)21-23-18-14-11-22-25(2)15(14)5-7-17(18)30-21/h11-12H,4-10H2,1-3H3/t12-/m1/s1. The molecule has 0 radical (unpaired) electrons. The lowest BCUT2D eigenvalue weighted by Gasteiger charge is -2.20. The molecule has 0 spiro atoms. The van der Waals surface area contributed by atoms with Gasteiger partial charge in [0.15, 0.2) is 10.8 Å². The fraction of sp³-hybridized carbons (Fsp3) is 0.524. The molecule has 1 atom stereocenters. The van der Waals surface area contributed by atoms with E-state index in [4.69, 9.17) is 14.2 Å². The molecule has 2 aliphatic carbocycles. The van der Waals surface area contributed by atoms with Gasteiger partial charge < -0.3 is 9.26 Å². The number of hydrogen-bond donors (Lipinski definition) is 0. The quantitative estimate of drug-likeness (QED) is 0.622. The Morgan fingerprint density at radius 1 is 1.40 bits per heavy atom. The fourth-order valence-corrected chi connectivity index (χ4v) is 5.46. The first-order valence-electron chi connectivity index (χ1n) is 10.4. The van der Waals surface area contributed by atoms with E-state index in [2.05, 4.69) is 17.2 Å². The van der Waals surface area contributed by atoms with Crippen LogP contribution in [-0.2, 0) is 37.5 Å². The van der Waals surface area contributed by atoms with Gasteiger partial charge in [0, 0.05) is 42.3 Å². The van der Waals surface area contributed by atoms with Crippen molar-refractivity contribution >= 4 is 22.4 Å². The predicted molar refractivity (Wildman–Crippen MR) is 113 cm³/mol. The zero-order chi connectivity index (χ0) is 20.8. The van der Waals surface area contributed by atoms with Gasteiger partial charge in [0.05, 0.1) is 25.0 Å².